The normalized spacial score (nSPS) is 21.4. The lowest BCUT2D eigenvalue weighted by Gasteiger charge is -2.30. The number of nitrogens with zero attached hydrogens (tertiary/aromatic N) is 1. The third kappa shape index (κ3) is 3.00. The van der Waals surface area contributed by atoms with E-state index in [4.69, 9.17) is 0 Å². The summed E-state index contributed by atoms with van der Waals surface area (Å²) in [5, 5.41) is 12.8. The molecule has 0 aromatic heterocycles. The fraction of sp³-hybridized carbons (Fsp3) is 0.538. The number of aliphatic hydroxyl groups is 1. The molecule has 1 heterocycles. The van der Waals surface area contributed by atoms with Crippen LogP contribution in [0.1, 0.15) is 12.0 Å². The molecule has 1 aromatic rings. The van der Waals surface area contributed by atoms with E-state index in [1.807, 2.05) is 0 Å². The van der Waals surface area contributed by atoms with Gasteiger partial charge >= 0.3 is 0 Å². The molecule has 4 heteroatoms. The Kier molecular flexibility index (Phi) is 4.42. The Morgan fingerprint density at radius 2 is 2.35 bits per heavy atom. The van der Waals surface area contributed by atoms with Crippen LogP contribution in [-0.4, -0.2) is 37.4 Å². The molecule has 0 amide bonds. The fourth-order valence-electron chi connectivity index (χ4n) is 2.20. The zero-order valence-corrected chi connectivity index (χ0v) is 11.7. The Labute approximate surface area is 111 Å². The number of hydrogen-bond acceptors (Lipinski definition) is 3. The van der Waals surface area contributed by atoms with E-state index in [1.54, 1.807) is 0 Å². The summed E-state index contributed by atoms with van der Waals surface area (Å²) in [5.74, 6) is 0. The van der Waals surface area contributed by atoms with E-state index in [9.17, 15) is 5.11 Å². The van der Waals surface area contributed by atoms with E-state index in [-0.39, 0.29) is 12.6 Å². The molecule has 1 fully saturated rings. The van der Waals surface area contributed by atoms with E-state index in [1.165, 1.54) is 11.3 Å². The van der Waals surface area contributed by atoms with Crippen LogP contribution in [0.3, 0.4) is 0 Å². The molecule has 1 aliphatic rings. The maximum Gasteiger partial charge on any atom is 0.0647 e. The Balaban J connectivity index is 2.25. The second-order valence-electron chi connectivity index (χ2n) is 4.52. The molecule has 0 aliphatic carbocycles. The van der Waals surface area contributed by atoms with Gasteiger partial charge in [-0.05, 0) is 37.6 Å². The highest BCUT2D eigenvalue weighted by molar-refractivity contribution is 9.10. The number of aliphatic hydroxyl groups excluding tert-OH is 1. The van der Waals surface area contributed by atoms with Gasteiger partial charge in [0, 0.05) is 23.2 Å². The number of aryl methyl sites for hydroxylation is 1. The van der Waals surface area contributed by atoms with Crippen molar-refractivity contribution in [1.29, 1.82) is 0 Å². The average Bonchev–Trinajstić information content (AvgIpc) is 2.57. The van der Waals surface area contributed by atoms with Crippen LogP contribution in [-0.2, 0) is 0 Å². The summed E-state index contributed by atoms with van der Waals surface area (Å²) in [7, 11) is 0. The van der Waals surface area contributed by atoms with Gasteiger partial charge < -0.3 is 15.3 Å². The summed E-state index contributed by atoms with van der Waals surface area (Å²) in [5.41, 5.74) is 2.42. The molecule has 3 nitrogen and oxygen atoms in total. The molecular formula is C13H19BrN2O. The molecular weight excluding hydrogens is 280 g/mol. The van der Waals surface area contributed by atoms with Crippen LogP contribution in [0.4, 0.5) is 5.69 Å². The zero-order chi connectivity index (χ0) is 12.3. The number of benzene rings is 1. The van der Waals surface area contributed by atoms with Gasteiger partial charge in [0.05, 0.1) is 12.6 Å². The average molecular weight is 299 g/mol. The molecule has 94 valence electrons. The number of hydrogen-bond donors (Lipinski definition) is 2. The third-order valence-corrected chi connectivity index (χ3v) is 4.13. The Hall–Kier alpha value is -0.580. The lowest BCUT2D eigenvalue weighted by molar-refractivity contribution is 0.260. The monoisotopic (exact) mass is 298 g/mol. The molecule has 1 saturated heterocycles. The van der Waals surface area contributed by atoms with Crippen molar-refractivity contribution in [1.82, 2.24) is 5.32 Å². The van der Waals surface area contributed by atoms with Crippen LogP contribution in [0.25, 0.3) is 0 Å². The Morgan fingerprint density at radius 3 is 3.06 bits per heavy atom. The second kappa shape index (κ2) is 5.85. The van der Waals surface area contributed by atoms with E-state index in [0.29, 0.717) is 0 Å². The van der Waals surface area contributed by atoms with Gasteiger partial charge in [0.15, 0.2) is 0 Å². The number of halogens is 1. The quantitative estimate of drug-likeness (QED) is 0.876. The first-order chi connectivity index (χ1) is 8.22. The first-order valence-electron chi connectivity index (χ1n) is 6.06. The smallest absolute Gasteiger partial charge is 0.0647 e. The first-order valence-corrected chi connectivity index (χ1v) is 6.86. The van der Waals surface area contributed by atoms with E-state index >= 15 is 0 Å². The van der Waals surface area contributed by atoms with Gasteiger partial charge in [-0.15, -0.1) is 0 Å². The van der Waals surface area contributed by atoms with Crippen molar-refractivity contribution >= 4 is 21.6 Å². The van der Waals surface area contributed by atoms with Gasteiger partial charge in [0.2, 0.25) is 0 Å². The van der Waals surface area contributed by atoms with Crippen molar-refractivity contribution in [2.24, 2.45) is 0 Å². The van der Waals surface area contributed by atoms with Crippen molar-refractivity contribution in [3.05, 3.63) is 28.2 Å². The van der Waals surface area contributed by atoms with Crippen LogP contribution >= 0.6 is 15.9 Å². The highest BCUT2D eigenvalue weighted by Gasteiger charge is 2.20. The minimum absolute atomic E-state index is 0.173. The molecule has 0 radical (unpaired) electrons. The summed E-state index contributed by atoms with van der Waals surface area (Å²) in [6.45, 7) is 5.15. The van der Waals surface area contributed by atoms with Crippen LogP contribution in [0, 0.1) is 6.92 Å². The van der Waals surface area contributed by atoms with Gasteiger partial charge in [0.25, 0.3) is 0 Å². The highest BCUT2D eigenvalue weighted by Crippen LogP contribution is 2.25. The maximum absolute atomic E-state index is 9.48. The molecule has 1 atom stereocenters. The van der Waals surface area contributed by atoms with E-state index in [2.05, 4.69) is 51.3 Å². The highest BCUT2D eigenvalue weighted by atomic mass is 79.9. The lowest BCUT2D eigenvalue weighted by Crippen LogP contribution is -2.42. The van der Waals surface area contributed by atoms with Gasteiger partial charge in [-0.2, -0.15) is 0 Å². The first kappa shape index (κ1) is 12.9. The van der Waals surface area contributed by atoms with Gasteiger partial charge in [-0.1, -0.05) is 22.0 Å². The zero-order valence-electron chi connectivity index (χ0n) is 10.1. The van der Waals surface area contributed by atoms with Crippen LogP contribution in [0.15, 0.2) is 22.7 Å². The van der Waals surface area contributed by atoms with Crippen molar-refractivity contribution < 1.29 is 5.11 Å². The minimum Gasteiger partial charge on any atom is -0.394 e. The summed E-state index contributed by atoms with van der Waals surface area (Å²) in [4.78, 5) is 2.30. The second-order valence-corrected chi connectivity index (χ2v) is 5.38. The standard InChI is InChI=1S/C13H19BrN2O/c1-10-3-4-11(7-13(10)14)16-6-2-5-15-8-12(16)9-17/h3-4,7,12,15,17H,2,5-6,8-9H2,1H3. The lowest BCUT2D eigenvalue weighted by atomic mass is 10.1. The number of anilines is 1. The van der Waals surface area contributed by atoms with Crippen LogP contribution < -0.4 is 10.2 Å². The summed E-state index contributed by atoms with van der Waals surface area (Å²) in [6, 6.07) is 6.57. The molecule has 1 aliphatic heterocycles. The third-order valence-electron chi connectivity index (χ3n) is 3.27. The summed E-state index contributed by atoms with van der Waals surface area (Å²) >= 11 is 3.57. The number of rotatable bonds is 2. The Morgan fingerprint density at radius 1 is 1.53 bits per heavy atom. The Bertz CT molecular complexity index is 384. The molecule has 2 N–H and O–H groups in total. The van der Waals surface area contributed by atoms with Gasteiger partial charge in [0.1, 0.15) is 0 Å². The van der Waals surface area contributed by atoms with E-state index < -0.39 is 0 Å². The molecule has 0 bridgehead atoms. The molecule has 1 unspecified atom stereocenters. The van der Waals surface area contributed by atoms with E-state index in [0.717, 1.165) is 30.5 Å². The van der Waals surface area contributed by atoms with Crippen LogP contribution in [0.2, 0.25) is 0 Å². The predicted octanol–water partition coefficient (Wildman–Crippen LogP) is 1.92. The molecule has 17 heavy (non-hydrogen) atoms. The van der Waals surface area contributed by atoms with Gasteiger partial charge in [-0.3, -0.25) is 0 Å². The summed E-state index contributed by atoms with van der Waals surface area (Å²) in [6.07, 6.45) is 1.11. The molecule has 2 rings (SSSR count). The van der Waals surface area contributed by atoms with Crippen molar-refractivity contribution in [2.75, 3.05) is 31.1 Å². The van der Waals surface area contributed by atoms with Crippen LogP contribution in [0.5, 0.6) is 0 Å². The van der Waals surface area contributed by atoms with Gasteiger partial charge in [-0.25, -0.2) is 0 Å². The topological polar surface area (TPSA) is 35.5 Å². The largest absolute Gasteiger partial charge is 0.394 e. The predicted molar refractivity (Wildman–Crippen MR) is 74.6 cm³/mol. The minimum atomic E-state index is 0.173. The van der Waals surface area contributed by atoms with Crippen molar-refractivity contribution in [3.63, 3.8) is 0 Å². The fourth-order valence-corrected chi connectivity index (χ4v) is 2.57. The number of nitrogens with one attached hydrogen (secondary N) is 1. The maximum atomic E-state index is 9.48. The van der Waals surface area contributed by atoms with Crippen molar-refractivity contribution in [3.8, 4) is 0 Å². The SMILES string of the molecule is Cc1ccc(N2CCCNCC2CO)cc1Br. The van der Waals surface area contributed by atoms with Crippen molar-refractivity contribution in [2.45, 2.75) is 19.4 Å². The molecule has 1 aromatic carbocycles. The molecule has 0 spiro atoms. The summed E-state index contributed by atoms with van der Waals surface area (Å²) < 4.78 is 1.13. The molecule has 0 saturated carbocycles.